The minimum atomic E-state index is -0.216. The fraction of sp³-hybridized carbons (Fsp3) is 0.312. The summed E-state index contributed by atoms with van der Waals surface area (Å²) in [4.78, 5) is 0. The Kier molecular flexibility index (Phi) is 4.17. The van der Waals surface area contributed by atoms with Gasteiger partial charge in [-0.1, -0.05) is 54.7 Å². The molecule has 36 heavy (non-hydrogen) atoms. The Balaban J connectivity index is 1.25. The first-order chi connectivity index (χ1) is 17.6. The minimum Gasteiger partial charge on any atom is -0.485 e. The van der Waals surface area contributed by atoms with Gasteiger partial charge in [0.05, 0.1) is 16.8 Å². The van der Waals surface area contributed by atoms with Gasteiger partial charge in [0, 0.05) is 34.2 Å². The van der Waals surface area contributed by atoms with Gasteiger partial charge in [0.25, 0.3) is 0 Å². The molecule has 1 aromatic heterocycles. The van der Waals surface area contributed by atoms with E-state index in [1.807, 2.05) is 5.01 Å². The van der Waals surface area contributed by atoms with Crippen LogP contribution in [-0.4, -0.2) is 21.2 Å². The summed E-state index contributed by atoms with van der Waals surface area (Å²) in [5.41, 5.74) is 8.96. The maximum absolute atomic E-state index is 6.73. The first-order valence-electron chi connectivity index (χ1n) is 13.4. The van der Waals surface area contributed by atoms with E-state index in [9.17, 15) is 0 Å². The molecule has 0 radical (unpaired) electrons. The van der Waals surface area contributed by atoms with Gasteiger partial charge >= 0.3 is 0 Å². The van der Waals surface area contributed by atoms with Gasteiger partial charge in [-0.05, 0) is 74.4 Å². The maximum atomic E-state index is 6.73. The van der Waals surface area contributed by atoms with Crippen LogP contribution in [0.15, 0.2) is 84.2 Å². The standard InChI is InChI=1S/C32H31N3O/c1-32-14-8-7-12-26(32)25-16-20-15-21-17-28-24(18-30(21)36-31(20)19-29(25)35(32)33)23-11-5-6-13-27(23)34(28)22-9-3-2-4-10-22/h3,5,7-12,14,16-20,26,31H,2,4,6,13,15,33H2,1H3/t20?,26?,31?,32-/m0/s1. The quantitative estimate of drug-likeness (QED) is 0.500. The molecule has 3 unspecified atom stereocenters. The Bertz CT molecular complexity index is 1540. The van der Waals surface area contributed by atoms with Crippen LogP contribution in [0.25, 0.3) is 22.7 Å². The number of ether oxygens (including phenoxy) is 1. The Hall–Kier alpha value is -3.50. The van der Waals surface area contributed by atoms with Crippen molar-refractivity contribution in [1.82, 2.24) is 9.58 Å². The molecule has 3 heterocycles. The van der Waals surface area contributed by atoms with E-state index in [2.05, 4.69) is 90.5 Å². The second kappa shape index (κ2) is 7.27. The normalized spacial score (nSPS) is 31.1. The topological polar surface area (TPSA) is 43.4 Å². The van der Waals surface area contributed by atoms with Gasteiger partial charge in [0.15, 0.2) is 0 Å². The molecule has 1 fully saturated rings. The van der Waals surface area contributed by atoms with Crippen LogP contribution in [0.5, 0.6) is 5.75 Å². The average Bonchev–Trinajstić information content (AvgIpc) is 3.34. The van der Waals surface area contributed by atoms with E-state index in [1.165, 1.54) is 39.0 Å². The summed E-state index contributed by atoms with van der Waals surface area (Å²) in [6.07, 6.45) is 30.5. The molecule has 4 heteroatoms. The van der Waals surface area contributed by atoms with Crippen LogP contribution in [0.4, 0.5) is 0 Å². The number of hydrazine groups is 1. The number of hydrogen-bond donors (Lipinski definition) is 1. The zero-order valence-corrected chi connectivity index (χ0v) is 20.7. The Labute approximate surface area is 212 Å². The molecule has 180 valence electrons. The van der Waals surface area contributed by atoms with Crippen molar-refractivity contribution in [3.05, 3.63) is 101 Å². The van der Waals surface area contributed by atoms with Gasteiger partial charge in [-0.25, -0.2) is 5.84 Å². The monoisotopic (exact) mass is 473 g/mol. The summed E-state index contributed by atoms with van der Waals surface area (Å²) in [7, 11) is 0. The van der Waals surface area contributed by atoms with E-state index in [4.69, 9.17) is 10.6 Å². The summed E-state index contributed by atoms with van der Waals surface area (Å²) >= 11 is 0. The molecule has 4 nitrogen and oxygen atoms in total. The lowest BCUT2D eigenvalue weighted by Crippen LogP contribution is -2.47. The molecule has 1 saturated heterocycles. The van der Waals surface area contributed by atoms with Gasteiger partial charge in [-0.2, -0.15) is 0 Å². The predicted molar refractivity (Wildman–Crippen MR) is 146 cm³/mol. The molecular weight excluding hydrogens is 442 g/mol. The van der Waals surface area contributed by atoms with E-state index in [0.29, 0.717) is 5.92 Å². The third kappa shape index (κ3) is 2.68. The maximum Gasteiger partial charge on any atom is 0.126 e. The molecule has 4 aliphatic carbocycles. The summed E-state index contributed by atoms with van der Waals surface area (Å²) < 4.78 is 9.25. The lowest BCUT2D eigenvalue weighted by Gasteiger charge is -2.35. The molecule has 6 aliphatic rings. The highest BCUT2D eigenvalue weighted by Crippen LogP contribution is 2.50. The number of aromatic nitrogens is 1. The zero-order valence-electron chi connectivity index (χ0n) is 20.7. The van der Waals surface area contributed by atoms with Gasteiger partial charge < -0.3 is 14.3 Å². The van der Waals surface area contributed by atoms with Crippen LogP contribution >= 0.6 is 0 Å². The van der Waals surface area contributed by atoms with Gasteiger partial charge in [0.1, 0.15) is 11.9 Å². The van der Waals surface area contributed by atoms with E-state index < -0.39 is 0 Å². The van der Waals surface area contributed by atoms with Crippen molar-refractivity contribution >= 4 is 22.7 Å². The smallest absolute Gasteiger partial charge is 0.126 e. The molecule has 4 atom stereocenters. The number of hydrogen-bond acceptors (Lipinski definition) is 3. The molecule has 2 N–H and O–H groups in total. The van der Waals surface area contributed by atoms with Crippen LogP contribution in [0.2, 0.25) is 0 Å². The molecular formula is C32H31N3O. The highest BCUT2D eigenvalue weighted by atomic mass is 16.5. The third-order valence-corrected chi connectivity index (χ3v) is 9.10. The van der Waals surface area contributed by atoms with Crippen molar-refractivity contribution in [3.63, 3.8) is 0 Å². The molecule has 0 spiro atoms. The van der Waals surface area contributed by atoms with Gasteiger partial charge in [0.2, 0.25) is 0 Å². The number of rotatable bonds is 1. The molecule has 8 rings (SSSR count). The summed E-state index contributed by atoms with van der Waals surface area (Å²) in [6.45, 7) is 2.23. The number of nitrogens with two attached hydrogens (primary N) is 1. The van der Waals surface area contributed by atoms with Crippen molar-refractivity contribution in [3.8, 4) is 5.75 Å². The molecule has 0 saturated carbocycles. The van der Waals surface area contributed by atoms with Crippen LogP contribution in [-0.2, 0) is 12.8 Å². The summed E-state index contributed by atoms with van der Waals surface area (Å²) in [6, 6.07) is 4.71. The summed E-state index contributed by atoms with van der Waals surface area (Å²) in [5, 5.41) is 3.25. The molecule has 2 aliphatic heterocycles. The van der Waals surface area contributed by atoms with Gasteiger partial charge in [-0.15, -0.1) is 0 Å². The molecule has 0 amide bonds. The average molecular weight is 474 g/mol. The number of fused-ring (bicyclic) bond motifs is 8. The third-order valence-electron chi connectivity index (χ3n) is 9.10. The Morgan fingerprint density at radius 1 is 1.06 bits per heavy atom. The van der Waals surface area contributed by atoms with Crippen molar-refractivity contribution < 1.29 is 4.74 Å². The fourth-order valence-corrected chi connectivity index (χ4v) is 7.21. The lowest BCUT2D eigenvalue weighted by molar-refractivity contribution is 0.170. The molecule has 0 bridgehead atoms. The van der Waals surface area contributed by atoms with Crippen LogP contribution in [0.1, 0.15) is 43.0 Å². The Morgan fingerprint density at radius 2 is 1.97 bits per heavy atom. The summed E-state index contributed by atoms with van der Waals surface area (Å²) in [5.74, 6) is 8.30. The second-order valence-corrected chi connectivity index (χ2v) is 11.2. The highest BCUT2D eigenvalue weighted by Gasteiger charge is 2.50. The van der Waals surface area contributed by atoms with Gasteiger partial charge in [-0.3, -0.25) is 0 Å². The predicted octanol–water partition coefficient (Wildman–Crippen LogP) is 6.23. The zero-order chi connectivity index (χ0) is 24.0. The Morgan fingerprint density at radius 3 is 2.86 bits per heavy atom. The molecule has 1 aromatic carbocycles. The van der Waals surface area contributed by atoms with Crippen molar-refractivity contribution in [1.29, 1.82) is 0 Å². The number of allylic oxidation sites excluding steroid dienone is 8. The van der Waals surface area contributed by atoms with Crippen molar-refractivity contribution in [2.45, 2.75) is 50.7 Å². The lowest BCUT2D eigenvalue weighted by atomic mass is 9.77. The highest BCUT2D eigenvalue weighted by molar-refractivity contribution is 5.96. The minimum absolute atomic E-state index is 0.00824. The number of nitrogens with zero attached hydrogens (tertiary/aromatic N) is 2. The van der Waals surface area contributed by atoms with Crippen LogP contribution in [0.3, 0.4) is 0 Å². The van der Waals surface area contributed by atoms with E-state index in [-0.39, 0.29) is 17.6 Å². The van der Waals surface area contributed by atoms with Crippen molar-refractivity contribution in [2.24, 2.45) is 17.7 Å². The number of benzene rings is 1. The SMILES string of the molecule is C[C@]12C=CC=CC1C1=CC3Cc4cc5c(cc4OC3C=C1N2N)c1c(n5C2=CCCC=C2)CCC=C1. The van der Waals surface area contributed by atoms with E-state index in [0.717, 1.165) is 43.6 Å². The van der Waals surface area contributed by atoms with Crippen LogP contribution < -0.4 is 10.6 Å². The van der Waals surface area contributed by atoms with E-state index in [1.54, 1.807) is 0 Å². The van der Waals surface area contributed by atoms with Crippen LogP contribution in [0, 0.1) is 11.8 Å². The van der Waals surface area contributed by atoms with E-state index >= 15 is 0 Å². The van der Waals surface area contributed by atoms with Crippen molar-refractivity contribution in [2.75, 3.05) is 0 Å². The largest absolute Gasteiger partial charge is 0.485 e. The fourth-order valence-electron chi connectivity index (χ4n) is 7.21. The first-order valence-corrected chi connectivity index (χ1v) is 13.4. The second-order valence-electron chi connectivity index (χ2n) is 11.2. The first kappa shape index (κ1) is 20.7. The molecule has 2 aromatic rings.